The van der Waals surface area contributed by atoms with E-state index in [0.717, 1.165) is 25.9 Å². The van der Waals surface area contributed by atoms with Crippen LogP contribution < -0.4 is 5.32 Å². The van der Waals surface area contributed by atoms with E-state index in [1.165, 1.54) is 12.5 Å². The van der Waals surface area contributed by atoms with Crippen LogP contribution in [0, 0.1) is 22.7 Å². The number of aliphatic hydroxyl groups excluding tert-OH is 2. The molecule has 0 aromatic rings. The molecule has 4 rings (SSSR count). The zero-order chi connectivity index (χ0) is 26.7. The summed E-state index contributed by atoms with van der Waals surface area (Å²) in [5.41, 5.74) is -7.02. The lowest BCUT2D eigenvalue weighted by atomic mass is 9.38. The lowest BCUT2D eigenvalue weighted by molar-refractivity contribution is -0.355. The molecule has 8 nitrogen and oxygen atoms in total. The third-order valence-electron chi connectivity index (χ3n) is 10.3. The van der Waals surface area contributed by atoms with Crippen LogP contribution in [0.1, 0.15) is 73.1 Å². The highest BCUT2D eigenvalue weighted by molar-refractivity contribution is 5.94. The first-order valence-electron chi connectivity index (χ1n) is 13.6. The first kappa shape index (κ1) is 27.7. The van der Waals surface area contributed by atoms with Crippen molar-refractivity contribution in [1.82, 2.24) is 10.2 Å². The minimum atomic E-state index is -2.18. The number of hydrogen-bond donors (Lipinski definition) is 4. The minimum Gasteiger partial charge on any atom is -0.392 e. The summed E-state index contributed by atoms with van der Waals surface area (Å²) < 4.78 is 6.49. The molecule has 0 bridgehead atoms. The molecule has 4 aliphatic rings. The van der Waals surface area contributed by atoms with Crippen LogP contribution in [0.3, 0.4) is 0 Å². The molecule has 4 fully saturated rings. The van der Waals surface area contributed by atoms with Gasteiger partial charge in [-0.1, -0.05) is 33.3 Å². The largest absolute Gasteiger partial charge is 0.392 e. The summed E-state index contributed by atoms with van der Waals surface area (Å²) in [7, 11) is 0. The second-order valence-corrected chi connectivity index (χ2v) is 13.0. The van der Waals surface area contributed by atoms with Crippen molar-refractivity contribution in [3.05, 3.63) is 12.7 Å². The standard InChI is InChI=1S/C28H46N2O6/c1-7-25(4)17-19(32)28(35)26(5)18(31)11-12-24(2,3)22(26)21(33)20(27(28,6)36-25)23(34)29-13-16-30-14-9-8-10-15-30/h7,18,20-22,31,33,35H,1,8-17H2,2-6H3,(H,29,34)/t18-,20+,21+,22-,25-,26-,27+,28-/m0/s1. The van der Waals surface area contributed by atoms with Crippen LogP contribution in [0.5, 0.6) is 0 Å². The van der Waals surface area contributed by atoms with Gasteiger partial charge in [0.25, 0.3) is 0 Å². The number of nitrogens with zero attached hydrogens (tertiary/aromatic N) is 1. The Balaban J connectivity index is 1.76. The maximum absolute atomic E-state index is 13.9. The SMILES string of the molecule is C=C[C@@]1(C)CC(=O)[C@]2(O)[C@@]3(C)[C@@H](O)CCC(C)(C)[C@@H]3[C@H](O)[C@H](C(=O)NCCN3CCCCC3)[C@@]2(C)O1. The quantitative estimate of drug-likeness (QED) is 0.420. The number of hydrogen-bond acceptors (Lipinski definition) is 7. The van der Waals surface area contributed by atoms with Crippen LogP contribution in [0.15, 0.2) is 12.7 Å². The van der Waals surface area contributed by atoms with Crippen molar-refractivity contribution in [2.75, 3.05) is 26.2 Å². The maximum Gasteiger partial charge on any atom is 0.228 e. The average Bonchev–Trinajstić information content (AvgIpc) is 2.80. The summed E-state index contributed by atoms with van der Waals surface area (Å²) in [6.07, 6.45) is 3.61. The number of rotatable bonds is 5. The van der Waals surface area contributed by atoms with E-state index in [-0.39, 0.29) is 6.42 Å². The highest BCUT2D eigenvalue weighted by Crippen LogP contribution is 2.67. The van der Waals surface area contributed by atoms with Gasteiger partial charge < -0.3 is 30.3 Å². The molecule has 2 heterocycles. The Bertz CT molecular complexity index is 902. The van der Waals surface area contributed by atoms with Crippen molar-refractivity contribution in [2.45, 2.75) is 102 Å². The molecule has 0 radical (unpaired) electrons. The second kappa shape index (κ2) is 9.16. The van der Waals surface area contributed by atoms with Gasteiger partial charge in [0.1, 0.15) is 5.60 Å². The van der Waals surface area contributed by atoms with Crippen molar-refractivity contribution in [1.29, 1.82) is 0 Å². The Morgan fingerprint density at radius 2 is 1.81 bits per heavy atom. The van der Waals surface area contributed by atoms with Crippen LogP contribution in [-0.4, -0.2) is 87.1 Å². The van der Waals surface area contributed by atoms with Gasteiger partial charge in [0, 0.05) is 30.8 Å². The third-order valence-corrected chi connectivity index (χ3v) is 10.3. The van der Waals surface area contributed by atoms with Crippen LogP contribution in [0.25, 0.3) is 0 Å². The molecule has 2 aliphatic heterocycles. The van der Waals surface area contributed by atoms with E-state index in [9.17, 15) is 24.9 Å². The number of carbonyl (C=O) groups excluding carboxylic acids is 2. The fourth-order valence-electron chi connectivity index (χ4n) is 8.38. The molecule has 0 aromatic carbocycles. The van der Waals surface area contributed by atoms with E-state index in [2.05, 4.69) is 16.8 Å². The Morgan fingerprint density at radius 3 is 2.42 bits per heavy atom. The Labute approximate surface area is 215 Å². The van der Waals surface area contributed by atoms with E-state index in [1.807, 2.05) is 13.8 Å². The van der Waals surface area contributed by atoms with Gasteiger partial charge in [-0.2, -0.15) is 0 Å². The fourth-order valence-corrected chi connectivity index (χ4v) is 8.38. The molecule has 2 saturated carbocycles. The summed E-state index contributed by atoms with van der Waals surface area (Å²) in [6.45, 7) is 15.8. The molecular weight excluding hydrogens is 460 g/mol. The summed E-state index contributed by atoms with van der Waals surface area (Å²) in [6, 6.07) is 0. The number of carbonyl (C=O) groups is 2. The number of piperidine rings is 1. The molecule has 4 N–H and O–H groups in total. The predicted molar refractivity (Wildman–Crippen MR) is 136 cm³/mol. The van der Waals surface area contributed by atoms with Crippen molar-refractivity contribution >= 4 is 11.7 Å². The van der Waals surface area contributed by atoms with Gasteiger partial charge in [-0.25, -0.2) is 0 Å². The predicted octanol–water partition coefficient (Wildman–Crippen LogP) is 1.81. The molecule has 2 saturated heterocycles. The molecule has 2 aliphatic carbocycles. The number of amides is 1. The first-order chi connectivity index (χ1) is 16.7. The van der Waals surface area contributed by atoms with E-state index in [0.29, 0.717) is 25.9 Å². The molecular formula is C28H46N2O6. The number of likely N-dealkylation sites (tertiary alicyclic amines) is 1. The molecule has 0 unspecified atom stereocenters. The van der Waals surface area contributed by atoms with E-state index < -0.39 is 63.4 Å². The highest BCUT2D eigenvalue weighted by atomic mass is 16.5. The van der Waals surface area contributed by atoms with Gasteiger partial charge in [0.15, 0.2) is 11.4 Å². The zero-order valence-electron chi connectivity index (χ0n) is 22.7. The number of ether oxygens (including phenoxy) is 1. The van der Waals surface area contributed by atoms with Gasteiger partial charge in [0.05, 0.1) is 23.7 Å². The highest BCUT2D eigenvalue weighted by Gasteiger charge is 2.81. The van der Waals surface area contributed by atoms with Gasteiger partial charge >= 0.3 is 0 Å². The lowest BCUT2D eigenvalue weighted by Crippen LogP contribution is -2.86. The topological polar surface area (TPSA) is 119 Å². The smallest absolute Gasteiger partial charge is 0.228 e. The van der Waals surface area contributed by atoms with Crippen molar-refractivity contribution < 1.29 is 29.6 Å². The Kier molecular flexibility index (Phi) is 7.05. The lowest BCUT2D eigenvalue weighted by Gasteiger charge is -2.71. The van der Waals surface area contributed by atoms with Crippen LogP contribution >= 0.6 is 0 Å². The number of ketones is 1. The van der Waals surface area contributed by atoms with Gasteiger partial charge in [0.2, 0.25) is 5.91 Å². The molecule has 8 atom stereocenters. The third kappa shape index (κ3) is 3.82. The number of Topliss-reactive ketones (excluding diaryl/α,β-unsaturated/α-hetero) is 1. The first-order valence-corrected chi connectivity index (χ1v) is 13.6. The number of nitrogens with one attached hydrogen (secondary N) is 1. The minimum absolute atomic E-state index is 0.128. The normalized spacial score (nSPS) is 46.9. The van der Waals surface area contributed by atoms with Crippen molar-refractivity contribution in [3.63, 3.8) is 0 Å². The van der Waals surface area contributed by atoms with Crippen molar-refractivity contribution in [3.8, 4) is 0 Å². The Hall–Kier alpha value is -1.32. The molecule has 8 heteroatoms. The summed E-state index contributed by atoms with van der Waals surface area (Å²) in [5.74, 6) is -2.85. The Morgan fingerprint density at radius 1 is 1.17 bits per heavy atom. The summed E-state index contributed by atoms with van der Waals surface area (Å²) >= 11 is 0. The molecule has 36 heavy (non-hydrogen) atoms. The summed E-state index contributed by atoms with van der Waals surface area (Å²) in [4.78, 5) is 30.1. The monoisotopic (exact) mass is 506 g/mol. The van der Waals surface area contributed by atoms with E-state index in [1.54, 1.807) is 20.8 Å². The van der Waals surface area contributed by atoms with Crippen LogP contribution in [0.4, 0.5) is 0 Å². The van der Waals surface area contributed by atoms with Crippen molar-refractivity contribution in [2.24, 2.45) is 22.7 Å². The van der Waals surface area contributed by atoms with Gasteiger partial charge in [-0.05, 0) is 58.0 Å². The molecule has 0 spiro atoms. The molecule has 0 aromatic heterocycles. The average molecular weight is 507 g/mol. The second-order valence-electron chi connectivity index (χ2n) is 13.0. The molecule has 1 amide bonds. The number of aliphatic hydroxyl groups is 3. The van der Waals surface area contributed by atoms with E-state index in [4.69, 9.17) is 4.74 Å². The van der Waals surface area contributed by atoms with E-state index >= 15 is 0 Å². The van der Waals surface area contributed by atoms with Gasteiger partial charge in [-0.15, -0.1) is 6.58 Å². The number of fused-ring (bicyclic) bond motifs is 3. The maximum atomic E-state index is 13.9. The van der Waals surface area contributed by atoms with Crippen LogP contribution in [0.2, 0.25) is 0 Å². The summed E-state index contributed by atoms with van der Waals surface area (Å²) in [5, 5.41) is 38.8. The fraction of sp³-hybridized carbons (Fsp3) is 0.857. The van der Waals surface area contributed by atoms with Gasteiger partial charge in [-0.3, -0.25) is 9.59 Å². The molecule has 204 valence electrons. The van der Waals surface area contributed by atoms with Crippen LogP contribution in [-0.2, 0) is 14.3 Å². The zero-order valence-corrected chi connectivity index (χ0v) is 22.7.